The average molecular weight is 230 g/mol. The summed E-state index contributed by atoms with van der Waals surface area (Å²) >= 11 is 0. The van der Waals surface area contributed by atoms with Crippen LogP contribution in [0.3, 0.4) is 0 Å². The quantitative estimate of drug-likeness (QED) is 0.567. The van der Waals surface area contributed by atoms with E-state index >= 15 is 0 Å². The summed E-state index contributed by atoms with van der Waals surface area (Å²) < 4.78 is 5.06. The van der Waals surface area contributed by atoms with Crippen LogP contribution >= 0.6 is 0 Å². The van der Waals surface area contributed by atoms with E-state index in [1.54, 1.807) is 0 Å². The number of para-hydroxylation sites is 1. The second-order valence-electron chi connectivity index (χ2n) is 3.93. The Kier molecular flexibility index (Phi) is 4.22. The van der Waals surface area contributed by atoms with Gasteiger partial charge in [0.15, 0.2) is 0 Å². The van der Waals surface area contributed by atoms with E-state index in [-0.39, 0.29) is 0 Å². The van der Waals surface area contributed by atoms with Gasteiger partial charge >= 0.3 is 0 Å². The molecule has 90 valence electrons. The third-order valence-corrected chi connectivity index (χ3v) is 2.72. The molecule has 0 aliphatic carbocycles. The van der Waals surface area contributed by atoms with Crippen LogP contribution in [0.15, 0.2) is 43.3 Å². The van der Waals surface area contributed by atoms with E-state index in [1.165, 1.54) is 22.7 Å². The fourth-order valence-electron chi connectivity index (χ4n) is 1.86. The summed E-state index contributed by atoms with van der Waals surface area (Å²) in [4.78, 5) is 3.27. The highest BCUT2D eigenvalue weighted by Gasteiger charge is 2.01. The highest BCUT2D eigenvalue weighted by Crippen LogP contribution is 2.17. The molecule has 1 aromatic carbocycles. The zero-order chi connectivity index (χ0) is 11.9. The van der Waals surface area contributed by atoms with E-state index < -0.39 is 0 Å². The molecular formula is C14H18N2O. The largest absolute Gasteiger partial charge is 0.502 e. The van der Waals surface area contributed by atoms with Crippen molar-refractivity contribution in [1.82, 2.24) is 10.3 Å². The van der Waals surface area contributed by atoms with E-state index in [0.29, 0.717) is 0 Å². The molecule has 3 heteroatoms. The predicted molar refractivity (Wildman–Crippen MR) is 70.8 cm³/mol. The third kappa shape index (κ3) is 3.11. The Hall–Kier alpha value is -1.74. The van der Waals surface area contributed by atoms with Crippen LogP contribution in [0.5, 0.6) is 0 Å². The van der Waals surface area contributed by atoms with Gasteiger partial charge < -0.3 is 15.0 Å². The highest BCUT2D eigenvalue weighted by molar-refractivity contribution is 5.82. The van der Waals surface area contributed by atoms with Gasteiger partial charge in [0.05, 0.1) is 12.9 Å². The van der Waals surface area contributed by atoms with Gasteiger partial charge in [0.25, 0.3) is 0 Å². The molecular weight excluding hydrogens is 212 g/mol. The molecule has 0 saturated carbocycles. The van der Waals surface area contributed by atoms with Crippen LogP contribution in [0.1, 0.15) is 12.0 Å². The number of nitrogens with one attached hydrogen (secondary N) is 2. The number of hydrogen-bond acceptors (Lipinski definition) is 2. The monoisotopic (exact) mass is 230 g/mol. The summed E-state index contributed by atoms with van der Waals surface area (Å²) in [6.07, 6.45) is 4.55. The number of fused-ring (bicyclic) bond motifs is 1. The molecule has 0 atom stereocenters. The molecule has 0 amide bonds. The van der Waals surface area contributed by atoms with Crippen molar-refractivity contribution >= 4 is 10.9 Å². The Morgan fingerprint density at radius 3 is 3.12 bits per heavy atom. The van der Waals surface area contributed by atoms with Crippen molar-refractivity contribution in [1.29, 1.82) is 0 Å². The second-order valence-corrected chi connectivity index (χ2v) is 3.93. The molecule has 2 N–H and O–H groups in total. The van der Waals surface area contributed by atoms with Crippen molar-refractivity contribution < 1.29 is 4.74 Å². The minimum absolute atomic E-state index is 0.727. The third-order valence-electron chi connectivity index (χ3n) is 2.72. The van der Waals surface area contributed by atoms with Gasteiger partial charge in [-0.1, -0.05) is 24.8 Å². The van der Waals surface area contributed by atoms with Crippen LogP contribution in [0.2, 0.25) is 0 Å². The maximum absolute atomic E-state index is 5.06. The smallest absolute Gasteiger partial charge is 0.0885 e. The molecule has 0 spiro atoms. The summed E-state index contributed by atoms with van der Waals surface area (Å²) in [5.74, 6) is 0. The molecule has 17 heavy (non-hydrogen) atoms. The fourth-order valence-corrected chi connectivity index (χ4v) is 1.86. The van der Waals surface area contributed by atoms with Gasteiger partial charge in [-0.25, -0.2) is 0 Å². The Morgan fingerprint density at radius 1 is 1.35 bits per heavy atom. The zero-order valence-electron chi connectivity index (χ0n) is 9.91. The first-order valence-corrected chi connectivity index (χ1v) is 5.90. The number of aromatic nitrogens is 1. The summed E-state index contributed by atoms with van der Waals surface area (Å²) in [5.41, 5.74) is 2.50. The Morgan fingerprint density at radius 2 is 2.24 bits per heavy atom. The summed E-state index contributed by atoms with van der Waals surface area (Å²) in [5, 5.41) is 4.70. The zero-order valence-corrected chi connectivity index (χ0v) is 9.91. The summed E-state index contributed by atoms with van der Waals surface area (Å²) in [6, 6.07) is 8.35. The van der Waals surface area contributed by atoms with Crippen molar-refractivity contribution in [3.05, 3.63) is 48.9 Å². The van der Waals surface area contributed by atoms with Crippen LogP contribution in [0.25, 0.3) is 10.9 Å². The minimum atomic E-state index is 0.727. The standard InChI is InChI=1S/C14H18N2O/c1-2-17-9-5-8-15-10-12-11-16-14-7-4-3-6-13(12)14/h2-4,6-7,11,15-16H,1,5,8-10H2. The Balaban J connectivity index is 1.81. The molecule has 1 heterocycles. The van der Waals surface area contributed by atoms with Gasteiger partial charge in [0.1, 0.15) is 0 Å². The highest BCUT2D eigenvalue weighted by atomic mass is 16.5. The van der Waals surface area contributed by atoms with E-state index in [2.05, 4.69) is 41.3 Å². The van der Waals surface area contributed by atoms with Crippen molar-refractivity contribution in [2.45, 2.75) is 13.0 Å². The first-order valence-electron chi connectivity index (χ1n) is 5.90. The molecule has 2 aromatic rings. The number of H-pyrrole nitrogens is 1. The summed E-state index contributed by atoms with van der Waals surface area (Å²) in [7, 11) is 0. The first-order chi connectivity index (χ1) is 8.42. The molecule has 2 rings (SSSR count). The molecule has 0 saturated heterocycles. The molecule has 0 aliphatic rings. The lowest BCUT2D eigenvalue weighted by molar-refractivity contribution is 0.244. The molecule has 0 fully saturated rings. The van der Waals surface area contributed by atoms with E-state index in [4.69, 9.17) is 4.74 Å². The van der Waals surface area contributed by atoms with Crippen molar-refractivity contribution in [2.75, 3.05) is 13.2 Å². The molecule has 0 unspecified atom stereocenters. The number of ether oxygens (including phenoxy) is 1. The molecule has 1 aromatic heterocycles. The molecule has 3 nitrogen and oxygen atoms in total. The number of aromatic amines is 1. The lowest BCUT2D eigenvalue weighted by atomic mass is 10.2. The van der Waals surface area contributed by atoms with Gasteiger partial charge in [-0.3, -0.25) is 0 Å². The minimum Gasteiger partial charge on any atom is -0.502 e. The second kappa shape index (κ2) is 6.11. The van der Waals surface area contributed by atoms with Crippen molar-refractivity contribution in [3.63, 3.8) is 0 Å². The van der Waals surface area contributed by atoms with E-state index in [0.717, 1.165) is 26.1 Å². The lowest BCUT2D eigenvalue weighted by Crippen LogP contribution is -2.15. The maximum Gasteiger partial charge on any atom is 0.0885 e. The maximum atomic E-state index is 5.06. The molecule has 0 aliphatic heterocycles. The van der Waals surface area contributed by atoms with Crippen LogP contribution in [0, 0.1) is 0 Å². The van der Waals surface area contributed by atoms with Crippen LogP contribution in [-0.4, -0.2) is 18.1 Å². The van der Waals surface area contributed by atoms with Crippen LogP contribution in [-0.2, 0) is 11.3 Å². The molecule has 0 bridgehead atoms. The topological polar surface area (TPSA) is 37.0 Å². The lowest BCUT2D eigenvalue weighted by Gasteiger charge is -2.03. The van der Waals surface area contributed by atoms with E-state index in [1.807, 2.05) is 6.07 Å². The molecule has 0 radical (unpaired) electrons. The van der Waals surface area contributed by atoms with Gasteiger partial charge in [0.2, 0.25) is 0 Å². The van der Waals surface area contributed by atoms with E-state index in [9.17, 15) is 0 Å². The predicted octanol–water partition coefficient (Wildman–Crippen LogP) is 2.81. The van der Waals surface area contributed by atoms with Gasteiger partial charge in [-0.2, -0.15) is 0 Å². The van der Waals surface area contributed by atoms with Gasteiger partial charge in [0, 0.05) is 23.6 Å². The van der Waals surface area contributed by atoms with Crippen molar-refractivity contribution in [3.8, 4) is 0 Å². The fraction of sp³-hybridized carbons (Fsp3) is 0.286. The Labute approximate surface area is 101 Å². The van der Waals surface area contributed by atoms with Gasteiger partial charge in [-0.15, -0.1) is 0 Å². The summed E-state index contributed by atoms with van der Waals surface area (Å²) in [6.45, 7) is 6.07. The number of hydrogen-bond donors (Lipinski definition) is 2. The van der Waals surface area contributed by atoms with Crippen LogP contribution < -0.4 is 5.32 Å². The number of rotatable bonds is 7. The SMILES string of the molecule is C=COCCCNCc1c[nH]c2ccccc12. The average Bonchev–Trinajstić information content (AvgIpc) is 2.77. The first kappa shape index (κ1) is 11.7. The Bertz CT molecular complexity index is 476. The van der Waals surface area contributed by atoms with Crippen LogP contribution in [0.4, 0.5) is 0 Å². The number of benzene rings is 1. The van der Waals surface area contributed by atoms with Gasteiger partial charge in [-0.05, 0) is 24.6 Å². The van der Waals surface area contributed by atoms with Crippen molar-refractivity contribution in [2.24, 2.45) is 0 Å². The normalized spacial score (nSPS) is 10.6.